The molecule has 1 atom stereocenters. The van der Waals surface area contributed by atoms with E-state index in [9.17, 15) is 4.39 Å². The van der Waals surface area contributed by atoms with Crippen molar-refractivity contribution in [3.8, 4) is 11.5 Å². The Morgan fingerprint density at radius 2 is 1.67 bits per heavy atom. The van der Waals surface area contributed by atoms with Gasteiger partial charge in [0.25, 0.3) is 0 Å². The number of ether oxygens (including phenoxy) is 1. The lowest BCUT2D eigenvalue weighted by molar-refractivity contribution is 0.460. The van der Waals surface area contributed by atoms with Gasteiger partial charge in [-0.15, -0.1) is 0 Å². The van der Waals surface area contributed by atoms with E-state index in [0.29, 0.717) is 17.2 Å². The van der Waals surface area contributed by atoms with Crippen molar-refractivity contribution < 1.29 is 9.13 Å². The molecule has 0 aliphatic rings. The van der Waals surface area contributed by atoms with Crippen LogP contribution in [-0.2, 0) is 0 Å². The monoisotopic (exact) mass is 287 g/mol. The summed E-state index contributed by atoms with van der Waals surface area (Å²) in [7, 11) is 0. The predicted octanol–water partition coefficient (Wildman–Crippen LogP) is 5.07. The number of benzene rings is 2. The lowest BCUT2D eigenvalue weighted by atomic mass is 10.0. The molecule has 0 amide bonds. The van der Waals surface area contributed by atoms with E-state index in [2.05, 4.69) is 26.0 Å². The molecule has 0 fully saturated rings. The van der Waals surface area contributed by atoms with Gasteiger partial charge in [-0.05, 0) is 55.2 Å². The van der Waals surface area contributed by atoms with E-state index >= 15 is 0 Å². The lowest BCUT2D eigenvalue weighted by Gasteiger charge is -2.18. The maximum Gasteiger partial charge on any atom is 0.132 e. The third-order valence-electron chi connectivity index (χ3n) is 3.47. The Hall–Kier alpha value is -1.87. The molecule has 2 N–H and O–H groups in total. The number of aryl methyl sites for hydroxylation is 1. The number of halogens is 1. The lowest BCUT2D eigenvalue weighted by Crippen LogP contribution is -2.07. The molecule has 0 spiro atoms. The largest absolute Gasteiger partial charge is 0.457 e. The predicted molar refractivity (Wildman–Crippen MR) is 84.3 cm³/mol. The highest BCUT2D eigenvalue weighted by Gasteiger charge is 2.14. The van der Waals surface area contributed by atoms with Crippen LogP contribution in [0.5, 0.6) is 11.5 Å². The molecule has 2 rings (SSSR count). The van der Waals surface area contributed by atoms with E-state index in [1.54, 1.807) is 6.07 Å². The highest BCUT2D eigenvalue weighted by Crippen LogP contribution is 2.34. The van der Waals surface area contributed by atoms with Crippen LogP contribution in [0.2, 0.25) is 0 Å². The molecule has 0 aliphatic heterocycles. The molecule has 0 aliphatic carbocycles. The smallest absolute Gasteiger partial charge is 0.132 e. The van der Waals surface area contributed by atoms with Crippen molar-refractivity contribution >= 4 is 0 Å². The first-order chi connectivity index (χ1) is 9.88. The minimum Gasteiger partial charge on any atom is -0.457 e. The maximum absolute atomic E-state index is 13.4. The molecule has 0 saturated carbocycles. The summed E-state index contributed by atoms with van der Waals surface area (Å²) in [6.45, 7) is 8.08. The van der Waals surface area contributed by atoms with Crippen molar-refractivity contribution in [3.05, 3.63) is 58.9 Å². The Bertz CT molecular complexity index is 635. The van der Waals surface area contributed by atoms with E-state index in [1.165, 1.54) is 12.1 Å². The van der Waals surface area contributed by atoms with Crippen LogP contribution in [0.15, 0.2) is 36.4 Å². The Morgan fingerprint density at radius 1 is 0.952 bits per heavy atom. The van der Waals surface area contributed by atoms with E-state index in [-0.39, 0.29) is 11.9 Å². The number of rotatable bonds is 4. The molecule has 2 aromatic carbocycles. The van der Waals surface area contributed by atoms with Gasteiger partial charge in [0.15, 0.2) is 0 Å². The fourth-order valence-electron chi connectivity index (χ4n) is 2.29. The van der Waals surface area contributed by atoms with Crippen molar-refractivity contribution in [2.24, 2.45) is 5.73 Å². The Labute approximate surface area is 125 Å². The highest BCUT2D eigenvalue weighted by molar-refractivity contribution is 5.45. The maximum atomic E-state index is 13.4. The first-order valence-corrected chi connectivity index (χ1v) is 7.22. The van der Waals surface area contributed by atoms with Crippen molar-refractivity contribution in [2.75, 3.05) is 0 Å². The molecule has 0 bridgehead atoms. The van der Waals surface area contributed by atoms with Crippen molar-refractivity contribution in [1.29, 1.82) is 0 Å². The number of hydrogen-bond acceptors (Lipinski definition) is 2. The van der Waals surface area contributed by atoms with Crippen LogP contribution in [0.25, 0.3) is 0 Å². The average molecular weight is 287 g/mol. The van der Waals surface area contributed by atoms with E-state index in [0.717, 1.165) is 16.9 Å². The van der Waals surface area contributed by atoms with E-state index in [4.69, 9.17) is 10.5 Å². The van der Waals surface area contributed by atoms with Gasteiger partial charge in [-0.1, -0.05) is 26.0 Å². The molecule has 3 heteroatoms. The zero-order valence-electron chi connectivity index (χ0n) is 13.0. The number of hydrogen-bond donors (Lipinski definition) is 1. The second kappa shape index (κ2) is 6.27. The summed E-state index contributed by atoms with van der Waals surface area (Å²) >= 11 is 0. The third kappa shape index (κ3) is 3.61. The molecule has 0 radical (unpaired) electrons. The standard InChI is InChI=1S/C18H22FNO/c1-11(2)15-7-5-12(3)9-18(15)21-17-8-6-14(19)10-16(17)13(4)20/h5-11,13H,20H2,1-4H3. The minimum absolute atomic E-state index is 0.289. The summed E-state index contributed by atoms with van der Waals surface area (Å²) in [5.74, 6) is 1.46. The van der Waals surface area contributed by atoms with Gasteiger partial charge in [0, 0.05) is 11.6 Å². The SMILES string of the molecule is Cc1ccc(C(C)C)c(Oc2ccc(F)cc2C(C)N)c1. The van der Waals surface area contributed by atoms with Crippen molar-refractivity contribution in [1.82, 2.24) is 0 Å². The molecular weight excluding hydrogens is 265 g/mol. The second-order valence-electron chi connectivity index (χ2n) is 5.77. The van der Waals surface area contributed by atoms with Gasteiger partial charge in [0.1, 0.15) is 17.3 Å². The summed E-state index contributed by atoms with van der Waals surface area (Å²) in [5.41, 5.74) is 8.84. The summed E-state index contributed by atoms with van der Waals surface area (Å²) in [4.78, 5) is 0. The van der Waals surface area contributed by atoms with Crippen LogP contribution < -0.4 is 10.5 Å². The zero-order valence-corrected chi connectivity index (χ0v) is 13.0. The van der Waals surface area contributed by atoms with Gasteiger partial charge < -0.3 is 10.5 Å². The van der Waals surface area contributed by atoms with Crippen LogP contribution in [-0.4, -0.2) is 0 Å². The molecule has 1 unspecified atom stereocenters. The Balaban J connectivity index is 2.45. The van der Waals surface area contributed by atoms with Crippen molar-refractivity contribution in [2.45, 2.75) is 39.7 Å². The molecular formula is C18H22FNO. The van der Waals surface area contributed by atoms with Gasteiger partial charge in [-0.3, -0.25) is 0 Å². The molecule has 21 heavy (non-hydrogen) atoms. The van der Waals surface area contributed by atoms with E-state index in [1.807, 2.05) is 19.9 Å². The van der Waals surface area contributed by atoms with Crippen molar-refractivity contribution in [3.63, 3.8) is 0 Å². The highest BCUT2D eigenvalue weighted by atomic mass is 19.1. The Morgan fingerprint density at radius 3 is 2.29 bits per heavy atom. The van der Waals surface area contributed by atoms with Gasteiger partial charge >= 0.3 is 0 Å². The summed E-state index contributed by atoms with van der Waals surface area (Å²) in [5, 5.41) is 0. The molecule has 0 heterocycles. The quantitative estimate of drug-likeness (QED) is 0.852. The average Bonchev–Trinajstić information content (AvgIpc) is 2.40. The van der Waals surface area contributed by atoms with Crippen LogP contribution in [0.3, 0.4) is 0 Å². The fourth-order valence-corrected chi connectivity index (χ4v) is 2.29. The normalized spacial score (nSPS) is 12.5. The topological polar surface area (TPSA) is 35.2 Å². The number of nitrogens with two attached hydrogens (primary N) is 1. The van der Waals surface area contributed by atoms with Gasteiger partial charge in [-0.2, -0.15) is 0 Å². The molecule has 0 aromatic heterocycles. The molecule has 0 saturated heterocycles. The first-order valence-electron chi connectivity index (χ1n) is 7.22. The van der Waals surface area contributed by atoms with Gasteiger partial charge in [0.05, 0.1) is 0 Å². The fraction of sp³-hybridized carbons (Fsp3) is 0.333. The summed E-state index contributed by atoms with van der Waals surface area (Å²) < 4.78 is 19.5. The van der Waals surface area contributed by atoms with Gasteiger partial charge in [-0.25, -0.2) is 4.39 Å². The minimum atomic E-state index is -0.303. The second-order valence-corrected chi connectivity index (χ2v) is 5.77. The molecule has 112 valence electrons. The van der Waals surface area contributed by atoms with Gasteiger partial charge in [0.2, 0.25) is 0 Å². The zero-order chi connectivity index (χ0) is 15.6. The van der Waals surface area contributed by atoms with Crippen LogP contribution in [0, 0.1) is 12.7 Å². The molecule has 2 aromatic rings. The molecule has 2 nitrogen and oxygen atoms in total. The summed E-state index contributed by atoms with van der Waals surface area (Å²) in [6, 6.07) is 10.3. The van der Waals surface area contributed by atoms with E-state index < -0.39 is 0 Å². The third-order valence-corrected chi connectivity index (χ3v) is 3.47. The van der Waals surface area contributed by atoms with Crippen LogP contribution in [0.4, 0.5) is 4.39 Å². The first kappa shape index (κ1) is 15.5. The Kier molecular flexibility index (Phi) is 4.63. The summed E-state index contributed by atoms with van der Waals surface area (Å²) in [6.07, 6.45) is 0. The van der Waals surface area contributed by atoms with Crippen LogP contribution >= 0.6 is 0 Å². The van der Waals surface area contributed by atoms with Crippen LogP contribution in [0.1, 0.15) is 49.4 Å².